The van der Waals surface area contributed by atoms with Crippen LogP contribution in [0.3, 0.4) is 0 Å². The summed E-state index contributed by atoms with van der Waals surface area (Å²) in [7, 11) is 1.38. The highest BCUT2D eigenvalue weighted by molar-refractivity contribution is 5.67. The summed E-state index contributed by atoms with van der Waals surface area (Å²) in [6, 6.07) is 0.161. The summed E-state index contributed by atoms with van der Waals surface area (Å²) >= 11 is 0. The Morgan fingerprint density at radius 3 is 2.93 bits per heavy atom. The van der Waals surface area contributed by atoms with Crippen LogP contribution in [-0.2, 0) is 9.47 Å². The van der Waals surface area contributed by atoms with E-state index in [-0.39, 0.29) is 12.1 Å². The van der Waals surface area contributed by atoms with Crippen LogP contribution in [0.1, 0.15) is 26.7 Å². The first-order valence-electron chi connectivity index (χ1n) is 5.09. The van der Waals surface area contributed by atoms with Crippen molar-refractivity contribution >= 4 is 6.09 Å². The maximum atomic E-state index is 11.0. The smallest absolute Gasteiger partial charge is 0.407 e. The third-order valence-electron chi connectivity index (χ3n) is 2.76. The van der Waals surface area contributed by atoms with Crippen molar-refractivity contribution in [1.29, 1.82) is 0 Å². The second-order valence-corrected chi connectivity index (χ2v) is 3.89. The average molecular weight is 201 g/mol. The second kappa shape index (κ2) is 5.20. The molecule has 4 heteroatoms. The van der Waals surface area contributed by atoms with Crippen molar-refractivity contribution in [3.8, 4) is 0 Å². The summed E-state index contributed by atoms with van der Waals surface area (Å²) in [5.74, 6) is 0.498. The molecule has 1 fully saturated rings. The Hall–Kier alpha value is -0.770. The van der Waals surface area contributed by atoms with Gasteiger partial charge in [0.25, 0.3) is 0 Å². The Kier molecular flexibility index (Phi) is 4.20. The van der Waals surface area contributed by atoms with Gasteiger partial charge in [-0.15, -0.1) is 0 Å². The van der Waals surface area contributed by atoms with Gasteiger partial charge in [0.2, 0.25) is 0 Å². The van der Waals surface area contributed by atoms with Crippen LogP contribution >= 0.6 is 0 Å². The van der Waals surface area contributed by atoms with Gasteiger partial charge in [0.05, 0.1) is 13.2 Å². The zero-order valence-electron chi connectivity index (χ0n) is 9.08. The summed E-state index contributed by atoms with van der Waals surface area (Å²) in [5, 5.41) is 2.80. The Bertz CT molecular complexity index is 196. The maximum Gasteiger partial charge on any atom is 0.407 e. The first kappa shape index (κ1) is 11.3. The van der Waals surface area contributed by atoms with Crippen LogP contribution in [-0.4, -0.2) is 32.0 Å². The molecule has 82 valence electrons. The lowest BCUT2D eigenvalue weighted by Gasteiger charge is -2.31. The van der Waals surface area contributed by atoms with Crippen molar-refractivity contribution in [3.05, 3.63) is 0 Å². The van der Waals surface area contributed by atoms with Gasteiger partial charge in [0, 0.05) is 12.6 Å². The Labute approximate surface area is 85.0 Å². The topological polar surface area (TPSA) is 47.6 Å². The number of rotatable bonds is 2. The van der Waals surface area contributed by atoms with E-state index in [0.717, 1.165) is 19.4 Å². The van der Waals surface area contributed by atoms with E-state index in [0.29, 0.717) is 12.0 Å². The fraction of sp³-hybridized carbons (Fsp3) is 0.900. The highest BCUT2D eigenvalue weighted by Crippen LogP contribution is 2.22. The number of methoxy groups -OCH3 is 1. The van der Waals surface area contributed by atoms with E-state index in [1.165, 1.54) is 7.11 Å². The Balaban J connectivity index is 2.35. The molecule has 1 rings (SSSR count). The molecule has 14 heavy (non-hydrogen) atoms. The number of nitrogens with one attached hydrogen (secondary N) is 1. The molecule has 0 aromatic heterocycles. The molecule has 0 aromatic rings. The van der Waals surface area contributed by atoms with Gasteiger partial charge in [-0.1, -0.05) is 0 Å². The van der Waals surface area contributed by atoms with Gasteiger partial charge in [-0.05, 0) is 32.6 Å². The van der Waals surface area contributed by atoms with E-state index in [4.69, 9.17) is 4.74 Å². The Morgan fingerprint density at radius 2 is 2.36 bits per heavy atom. The van der Waals surface area contributed by atoms with Crippen molar-refractivity contribution in [2.24, 2.45) is 5.92 Å². The zero-order valence-corrected chi connectivity index (χ0v) is 9.08. The largest absolute Gasteiger partial charge is 0.453 e. The number of carbonyl (C=O) groups is 1. The highest BCUT2D eigenvalue weighted by Gasteiger charge is 2.25. The van der Waals surface area contributed by atoms with Crippen LogP contribution in [0, 0.1) is 5.92 Å². The summed E-state index contributed by atoms with van der Waals surface area (Å²) in [5.41, 5.74) is 0. The van der Waals surface area contributed by atoms with Gasteiger partial charge in [0.15, 0.2) is 0 Å². The van der Waals surface area contributed by atoms with Gasteiger partial charge in [-0.25, -0.2) is 4.79 Å². The summed E-state index contributed by atoms with van der Waals surface area (Å²) in [4.78, 5) is 11.0. The second-order valence-electron chi connectivity index (χ2n) is 3.89. The molecule has 1 aliphatic heterocycles. The lowest BCUT2D eigenvalue weighted by molar-refractivity contribution is -0.00464. The van der Waals surface area contributed by atoms with Gasteiger partial charge >= 0.3 is 6.09 Å². The van der Waals surface area contributed by atoms with Crippen LogP contribution in [0.4, 0.5) is 4.79 Å². The van der Waals surface area contributed by atoms with E-state index in [9.17, 15) is 4.79 Å². The van der Waals surface area contributed by atoms with Crippen LogP contribution in [0.25, 0.3) is 0 Å². The van der Waals surface area contributed by atoms with E-state index < -0.39 is 0 Å². The van der Waals surface area contributed by atoms with Crippen LogP contribution in [0.2, 0.25) is 0 Å². The molecule has 1 amide bonds. The minimum absolute atomic E-state index is 0.161. The van der Waals surface area contributed by atoms with Crippen LogP contribution in [0.15, 0.2) is 0 Å². The summed E-state index contributed by atoms with van der Waals surface area (Å²) in [6.07, 6.45) is 1.97. The molecule has 0 radical (unpaired) electrons. The molecule has 0 bridgehead atoms. The molecule has 1 N–H and O–H groups in total. The minimum atomic E-state index is -0.350. The number of amides is 1. The number of hydrogen-bond acceptors (Lipinski definition) is 3. The molecule has 3 unspecified atom stereocenters. The number of alkyl carbamates (subject to hydrolysis) is 1. The monoisotopic (exact) mass is 201 g/mol. The standard InChI is InChI=1S/C10H19NO3/c1-7-6-9(4-5-14-7)8(2)11-10(12)13-3/h7-9H,4-6H2,1-3H3,(H,11,12). The molecule has 0 spiro atoms. The van der Waals surface area contributed by atoms with Crippen molar-refractivity contribution in [2.75, 3.05) is 13.7 Å². The first-order valence-corrected chi connectivity index (χ1v) is 5.09. The molecule has 3 atom stereocenters. The van der Waals surface area contributed by atoms with Crippen LogP contribution in [0.5, 0.6) is 0 Å². The van der Waals surface area contributed by atoms with Crippen molar-refractivity contribution in [2.45, 2.75) is 38.8 Å². The third kappa shape index (κ3) is 3.18. The summed E-state index contributed by atoms with van der Waals surface area (Å²) in [6.45, 7) is 4.87. The van der Waals surface area contributed by atoms with Gasteiger partial charge < -0.3 is 14.8 Å². The normalized spacial score (nSPS) is 29.4. The fourth-order valence-electron chi connectivity index (χ4n) is 1.85. The molecule has 4 nitrogen and oxygen atoms in total. The van der Waals surface area contributed by atoms with Gasteiger partial charge in [-0.2, -0.15) is 0 Å². The van der Waals surface area contributed by atoms with Crippen molar-refractivity contribution < 1.29 is 14.3 Å². The fourth-order valence-corrected chi connectivity index (χ4v) is 1.85. The lowest BCUT2D eigenvalue weighted by Crippen LogP contribution is -2.41. The number of hydrogen-bond donors (Lipinski definition) is 1. The van der Waals surface area contributed by atoms with Crippen molar-refractivity contribution in [3.63, 3.8) is 0 Å². The van der Waals surface area contributed by atoms with E-state index in [2.05, 4.69) is 17.0 Å². The van der Waals surface area contributed by atoms with E-state index in [1.807, 2.05) is 6.92 Å². The third-order valence-corrected chi connectivity index (χ3v) is 2.76. The zero-order chi connectivity index (χ0) is 10.6. The van der Waals surface area contributed by atoms with Gasteiger partial charge in [0.1, 0.15) is 0 Å². The average Bonchev–Trinajstić information content (AvgIpc) is 2.17. The SMILES string of the molecule is COC(=O)NC(C)C1CCOC(C)C1. The Morgan fingerprint density at radius 1 is 1.64 bits per heavy atom. The molecule has 0 aromatic carbocycles. The minimum Gasteiger partial charge on any atom is -0.453 e. The highest BCUT2D eigenvalue weighted by atomic mass is 16.5. The van der Waals surface area contributed by atoms with E-state index in [1.54, 1.807) is 0 Å². The van der Waals surface area contributed by atoms with Gasteiger partial charge in [-0.3, -0.25) is 0 Å². The van der Waals surface area contributed by atoms with E-state index >= 15 is 0 Å². The molecule has 1 saturated heterocycles. The molecular formula is C10H19NO3. The first-order chi connectivity index (χ1) is 6.63. The number of ether oxygens (including phenoxy) is 2. The van der Waals surface area contributed by atoms with Crippen molar-refractivity contribution in [1.82, 2.24) is 5.32 Å². The lowest BCUT2D eigenvalue weighted by atomic mass is 9.90. The molecule has 1 aliphatic rings. The summed E-state index contributed by atoms with van der Waals surface area (Å²) < 4.78 is 10.0. The maximum absolute atomic E-state index is 11.0. The number of carbonyl (C=O) groups excluding carboxylic acids is 1. The molecule has 1 heterocycles. The van der Waals surface area contributed by atoms with Crippen LogP contribution < -0.4 is 5.32 Å². The molecular weight excluding hydrogens is 182 g/mol. The quantitative estimate of drug-likeness (QED) is 0.737. The predicted octanol–water partition coefficient (Wildman–Crippen LogP) is 1.55. The molecule has 0 saturated carbocycles. The predicted molar refractivity (Wildman–Crippen MR) is 53.1 cm³/mol. The molecule has 0 aliphatic carbocycles.